The third kappa shape index (κ3) is 4.02. The van der Waals surface area contributed by atoms with Crippen LogP contribution in [0.1, 0.15) is 63.0 Å². The zero-order valence-electron chi connectivity index (χ0n) is 14.0. The van der Waals surface area contributed by atoms with E-state index in [0.717, 1.165) is 24.2 Å². The molecule has 0 saturated heterocycles. The summed E-state index contributed by atoms with van der Waals surface area (Å²) in [7, 11) is 0. The van der Waals surface area contributed by atoms with Crippen molar-refractivity contribution < 1.29 is 9.18 Å². The van der Waals surface area contributed by atoms with E-state index < -0.39 is 0 Å². The molecule has 1 aromatic carbocycles. The highest BCUT2D eigenvalue weighted by Crippen LogP contribution is 2.30. The molecule has 1 aliphatic carbocycles. The number of hydrogen-bond acceptors (Lipinski definition) is 2. The number of nitrogens with zero attached hydrogens (tertiary/aromatic N) is 2. The van der Waals surface area contributed by atoms with Crippen LogP contribution in [0.2, 0.25) is 0 Å². The van der Waals surface area contributed by atoms with E-state index >= 15 is 0 Å². The molecule has 0 bridgehead atoms. The van der Waals surface area contributed by atoms with Gasteiger partial charge < -0.3 is 5.32 Å². The van der Waals surface area contributed by atoms with Gasteiger partial charge in [0.15, 0.2) is 0 Å². The second-order valence-electron chi connectivity index (χ2n) is 6.66. The predicted molar refractivity (Wildman–Crippen MR) is 92.4 cm³/mol. The fraction of sp³-hybridized carbons (Fsp3) is 0.474. The molecular formula is C19H24FN3O. The lowest BCUT2D eigenvalue weighted by molar-refractivity contribution is -0.116. The van der Waals surface area contributed by atoms with Crippen molar-refractivity contribution in [3.63, 3.8) is 0 Å². The Morgan fingerprint density at radius 2 is 2.12 bits per heavy atom. The van der Waals surface area contributed by atoms with Gasteiger partial charge in [-0.05, 0) is 36.5 Å². The quantitative estimate of drug-likeness (QED) is 0.867. The van der Waals surface area contributed by atoms with Crippen LogP contribution in [0.25, 0.3) is 0 Å². The molecule has 1 amide bonds. The molecule has 1 N–H and O–H groups in total. The number of anilines is 1. The van der Waals surface area contributed by atoms with Gasteiger partial charge in [-0.15, -0.1) is 0 Å². The molecule has 5 heteroatoms. The summed E-state index contributed by atoms with van der Waals surface area (Å²) in [5, 5.41) is 7.37. The molecule has 128 valence electrons. The summed E-state index contributed by atoms with van der Waals surface area (Å²) in [6.45, 7) is 1.94. The average Bonchev–Trinajstić information content (AvgIpc) is 3.03. The average molecular weight is 329 g/mol. The van der Waals surface area contributed by atoms with E-state index in [1.165, 1.54) is 31.4 Å². The van der Waals surface area contributed by atoms with Crippen LogP contribution in [0.5, 0.6) is 0 Å². The van der Waals surface area contributed by atoms with Gasteiger partial charge in [-0.1, -0.05) is 38.3 Å². The fourth-order valence-corrected chi connectivity index (χ4v) is 3.43. The molecule has 1 aliphatic rings. The Kier molecular flexibility index (Phi) is 5.28. The number of hydrogen-bond donors (Lipinski definition) is 1. The molecule has 0 spiro atoms. The number of nitrogens with one attached hydrogen (secondary N) is 1. The predicted octanol–water partition coefficient (Wildman–Crippen LogP) is 4.66. The molecule has 4 nitrogen and oxygen atoms in total. The standard InChI is InChI=1S/C19H24FN3O/c1-14(15-6-5-7-16(20)13-15)12-19(24)22-18-10-11-21-23(18)17-8-3-2-4-9-17/h5-7,10-11,13-14,17H,2-4,8-9,12H2,1H3,(H,22,24). The minimum Gasteiger partial charge on any atom is -0.311 e. The van der Waals surface area contributed by atoms with Crippen LogP contribution >= 0.6 is 0 Å². The molecule has 0 radical (unpaired) electrons. The minimum absolute atomic E-state index is 0.0354. The maximum absolute atomic E-state index is 13.3. The highest BCUT2D eigenvalue weighted by atomic mass is 19.1. The summed E-state index contributed by atoms with van der Waals surface area (Å²) >= 11 is 0. The molecule has 1 saturated carbocycles. The molecule has 0 aliphatic heterocycles. The number of amides is 1. The lowest BCUT2D eigenvalue weighted by atomic mass is 9.95. The molecule has 2 aromatic rings. The van der Waals surface area contributed by atoms with Crippen LogP contribution in [0, 0.1) is 5.82 Å². The fourth-order valence-electron chi connectivity index (χ4n) is 3.43. The van der Waals surface area contributed by atoms with Crippen molar-refractivity contribution in [1.29, 1.82) is 0 Å². The molecule has 1 fully saturated rings. The lowest BCUT2D eigenvalue weighted by Gasteiger charge is -2.24. The largest absolute Gasteiger partial charge is 0.311 e. The summed E-state index contributed by atoms with van der Waals surface area (Å²) in [4.78, 5) is 12.4. The van der Waals surface area contributed by atoms with Crippen LogP contribution < -0.4 is 5.32 Å². The van der Waals surface area contributed by atoms with Gasteiger partial charge in [0.1, 0.15) is 11.6 Å². The van der Waals surface area contributed by atoms with E-state index in [9.17, 15) is 9.18 Å². The first kappa shape index (κ1) is 16.7. The highest BCUT2D eigenvalue weighted by molar-refractivity contribution is 5.90. The van der Waals surface area contributed by atoms with Crippen molar-refractivity contribution in [3.8, 4) is 0 Å². The Hall–Kier alpha value is -2.17. The molecule has 1 heterocycles. The van der Waals surface area contributed by atoms with E-state index in [-0.39, 0.29) is 17.6 Å². The molecule has 1 unspecified atom stereocenters. The van der Waals surface area contributed by atoms with Crippen molar-refractivity contribution in [2.24, 2.45) is 0 Å². The zero-order valence-corrected chi connectivity index (χ0v) is 14.0. The Balaban J connectivity index is 1.62. The third-order valence-electron chi connectivity index (χ3n) is 4.77. The summed E-state index contributed by atoms with van der Waals surface area (Å²) in [5.41, 5.74) is 0.839. The summed E-state index contributed by atoms with van der Waals surface area (Å²) in [6, 6.07) is 8.66. The summed E-state index contributed by atoms with van der Waals surface area (Å²) in [5.74, 6) is 0.393. The van der Waals surface area contributed by atoms with Gasteiger partial charge in [0, 0.05) is 12.5 Å². The van der Waals surface area contributed by atoms with Gasteiger partial charge in [-0.2, -0.15) is 5.10 Å². The third-order valence-corrected chi connectivity index (χ3v) is 4.77. The Morgan fingerprint density at radius 3 is 2.88 bits per heavy atom. The van der Waals surface area contributed by atoms with Gasteiger partial charge >= 0.3 is 0 Å². The second kappa shape index (κ2) is 7.60. The van der Waals surface area contributed by atoms with Crippen molar-refractivity contribution >= 4 is 11.7 Å². The number of carbonyl (C=O) groups is 1. The topological polar surface area (TPSA) is 46.9 Å². The van der Waals surface area contributed by atoms with Gasteiger partial charge in [0.25, 0.3) is 0 Å². The Bertz CT molecular complexity index is 691. The van der Waals surface area contributed by atoms with Crippen molar-refractivity contribution in [3.05, 3.63) is 47.9 Å². The molecule has 1 atom stereocenters. The van der Waals surface area contributed by atoms with Crippen molar-refractivity contribution in [1.82, 2.24) is 9.78 Å². The number of aromatic nitrogens is 2. The molecule has 1 aromatic heterocycles. The van der Waals surface area contributed by atoms with Gasteiger partial charge in [-0.25, -0.2) is 9.07 Å². The van der Waals surface area contributed by atoms with Gasteiger partial charge in [0.05, 0.1) is 12.2 Å². The van der Waals surface area contributed by atoms with Crippen LogP contribution in [0.4, 0.5) is 10.2 Å². The van der Waals surface area contributed by atoms with Crippen LogP contribution in [0.3, 0.4) is 0 Å². The first-order chi connectivity index (χ1) is 11.6. The Morgan fingerprint density at radius 1 is 1.33 bits per heavy atom. The smallest absolute Gasteiger partial charge is 0.226 e. The molecule has 24 heavy (non-hydrogen) atoms. The molecule has 3 rings (SSSR count). The lowest BCUT2D eigenvalue weighted by Crippen LogP contribution is -2.21. The van der Waals surface area contributed by atoms with E-state index in [0.29, 0.717) is 12.5 Å². The zero-order chi connectivity index (χ0) is 16.9. The van der Waals surface area contributed by atoms with Gasteiger partial charge in [0.2, 0.25) is 5.91 Å². The van der Waals surface area contributed by atoms with E-state index in [4.69, 9.17) is 0 Å². The normalized spacial score (nSPS) is 16.8. The first-order valence-corrected chi connectivity index (χ1v) is 8.72. The summed E-state index contributed by atoms with van der Waals surface area (Å²) in [6.07, 6.45) is 8.00. The maximum Gasteiger partial charge on any atom is 0.226 e. The monoisotopic (exact) mass is 329 g/mol. The Labute approximate surface area is 142 Å². The highest BCUT2D eigenvalue weighted by Gasteiger charge is 2.20. The SMILES string of the molecule is CC(CC(=O)Nc1ccnn1C1CCCCC1)c1cccc(F)c1. The van der Waals surface area contributed by atoms with E-state index in [2.05, 4.69) is 10.4 Å². The van der Waals surface area contributed by atoms with E-state index in [1.54, 1.807) is 12.3 Å². The van der Waals surface area contributed by atoms with E-state index in [1.807, 2.05) is 23.7 Å². The second-order valence-corrected chi connectivity index (χ2v) is 6.66. The van der Waals surface area contributed by atoms with Crippen LogP contribution in [0.15, 0.2) is 36.5 Å². The maximum atomic E-state index is 13.3. The van der Waals surface area contributed by atoms with Gasteiger partial charge in [-0.3, -0.25) is 4.79 Å². The van der Waals surface area contributed by atoms with Crippen LogP contribution in [-0.4, -0.2) is 15.7 Å². The first-order valence-electron chi connectivity index (χ1n) is 8.72. The number of rotatable bonds is 5. The number of halogens is 1. The summed E-state index contributed by atoms with van der Waals surface area (Å²) < 4.78 is 15.3. The van der Waals surface area contributed by atoms with Crippen molar-refractivity contribution in [2.45, 2.75) is 57.4 Å². The van der Waals surface area contributed by atoms with Crippen LogP contribution in [-0.2, 0) is 4.79 Å². The minimum atomic E-state index is -0.268. The number of benzene rings is 1. The number of carbonyl (C=O) groups excluding carboxylic acids is 1. The molecular weight excluding hydrogens is 305 g/mol. The van der Waals surface area contributed by atoms with Crippen molar-refractivity contribution in [2.75, 3.05) is 5.32 Å².